The molecule has 2 aromatic carbocycles. The number of nitrogens with one attached hydrogen (secondary N) is 1. The maximum atomic E-state index is 12.6. The quantitative estimate of drug-likeness (QED) is 0.624. The topological polar surface area (TPSA) is 58.1 Å². The van der Waals surface area contributed by atoms with E-state index in [9.17, 15) is 4.79 Å². The molecule has 0 spiro atoms. The first-order valence-corrected chi connectivity index (χ1v) is 10.6. The molecule has 30 heavy (non-hydrogen) atoms. The Morgan fingerprint density at radius 2 is 1.73 bits per heavy atom. The maximum Gasteiger partial charge on any atom is 0.227 e. The monoisotopic (exact) mass is 420 g/mol. The number of rotatable bonds is 4. The summed E-state index contributed by atoms with van der Waals surface area (Å²) in [5.74, 6) is 0.895. The number of nitrogens with zero attached hydrogens (tertiary/aromatic N) is 3. The van der Waals surface area contributed by atoms with Gasteiger partial charge in [-0.3, -0.25) is 4.79 Å². The fourth-order valence-corrected chi connectivity index (χ4v) is 3.84. The smallest absolute Gasteiger partial charge is 0.227 e. The number of amides is 1. The van der Waals surface area contributed by atoms with E-state index in [1.54, 1.807) is 6.07 Å². The summed E-state index contributed by atoms with van der Waals surface area (Å²) < 4.78 is 0. The normalized spacial score (nSPS) is 14.6. The highest BCUT2D eigenvalue weighted by Crippen LogP contribution is 2.26. The second-order valence-corrected chi connectivity index (χ2v) is 8.26. The van der Waals surface area contributed by atoms with Gasteiger partial charge in [0.25, 0.3) is 0 Å². The zero-order valence-corrected chi connectivity index (χ0v) is 18.0. The van der Waals surface area contributed by atoms with E-state index in [2.05, 4.69) is 51.6 Å². The lowest BCUT2D eigenvalue weighted by atomic mass is 9.95. The first-order valence-electron chi connectivity index (χ1n) is 10.2. The van der Waals surface area contributed by atoms with Crippen LogP contribution in [-0.2, 0) is 4.79 Å². The summed E-state index contributed by atoms with van der Waals surface area (Å²) in [6, 6.07) is 17.9. The Morgan fingerprint density at radius 1 is 1.00 bits per heavy atom. The van der Waals surface area contributed by atoms with Crippen LogP contribution in [0.5, 0.6) is 0 Å². The Kier molecular flexibility index (Phi) is 6.00. The second-order valence-electron chi connectivity index (χ2n) is 7.86. The summed E-state index contributed by atoms with van der Waals surface area (Å²) >= 11 is 6.16. The molecule has 0 unspecified atom stereocenters. The number of anilines is 2. The van der Waals surface area contributed by atoms with Crippen molar-refractivity contribution in [3.63, 3.8) is 0 Å². The van der Waals surface area contributed by atoms with Crippen LogP contribution in [0.15, 0.2) is 54.6 Å². The predicted molar refractivity (Wildman–Crippen MR) is 122 cm³/mol. The third-order valence-electron chi connectivity index (χ3n) is 5.63. The highest BCUT2D eigenvalue weighted by Gasteiger charge is 2.26. The highest BCUT2D eigenvalue weighted by molar-refractivity contribution is 6.31. The Morgan fingerprint density at radius 3 is 2.37 bits per heavy atom. The van der Waals surface area contributed by atoms with Crippen LogP contribution in [0, 0.1) is 19.8 Å². The molecule has 6 heteroatoms. The Bertz CT molecular complexity index is 1030. The number of aryl methyl sites for hydroxylation is 2. The Balaban J connectivity index is 1.34. The van der Waals surface area contributed by atoms with Gasteiger partial charge in [-0.15, -0.1) is 10.2 Å². The number of hydrogen-bond donors (Lipinski definition) is 1. The van der Waals surface area contributed by atoms with E-state index in [0.717, 1.165) is 54.3 Å². The van der Waals surface area contributed by atoms with Gasteiger partial charge in [-0.05, 0) is 56.5 Å². The molecule has 154 valence electrons. The minimum atomic E-state index is -0.0129. The summed E-state index contributed by atoms with van der Waals surface area (Å²) in [6.07, 6.45) is 1.57. The fraction of sp³-hybridized carbons (Fsp3) is 0.292. The highest BCUT2D eigenvalue weighted by atomic mass is 35.5. The van der Waals surface area contributed by atoms with E-state index in [4.69, 9.17) is 11.6 Å². The standard InChI is InChI=1S/C24H25ClN4O/c1-16-3-6-18(7-4-16)22-9-10-23(28-27-22)29-13-11-19(12-14-29)24(30)26-20-8-5-17(2)21(25)15-20/h3-10,15,19H,11-14H2,1-2H3,(H,26,30). The lowest BCUT2D eigenvalue weighted by Gasteiger charge is -2.31. The second kappa shape index (κ2) is 8.84. The van der Waals surface area contributed by atoms with Crippen molar-refractivity contribution >= 4 is 29.0 Å². The first kappa shape index (κ1) is 20.4. The molecule has 1 aromatic heterocycles. The molecule has 0 saturated carbocycles. The van der Waals surface area contributed by atoms with E-state index in [1.807, 2.05) is 31.2 Å². The van der Waals surface area contributed by atoms with Crippen LogP contribution in [0.4, 0.5) is 11.5 Å². The zero-order valence-electron chi connectivity index (χ0n) is 17.2. The van der Waals surface area contributed by atoms with Gasteiger partial charge in [-0.25, -0.2) is 0 Å². The lowest BCUT2D eigenvalue weighted by molar-refractivity contribution is -0.120. The van der Waals surface area contributed by atoms with Crippen LogP contribution in [0.2, 0.25) is 5.02 Å². The molecule has 1 aliphatic rings. The largest absolute Gasteiger partial charge is 0.355 e. The van der Waals surface area contributed by atoms with Crippen molar-refractivity contribution in [3.05, 3.63) is 70.7 Å². The zero-order chi connectivity index (χ0) is 21.1. The average molecular weight is 421 g/mol. The molecule has 4 rings (SSSR count). The van der Waals surface area contributed by atoms with E-state index in [-0.39, 0.29) is 11.8 Å². The number of carbonyl (C=O) groups is 1. The molecular formula is C24H25ClN4O. The van der Waals surface area contributed by atoms with Crippen molar-refractivity contribution in [2.24, 2.45) is 5.92 Å². The van der Waals surface area contributed by atoms with Crippen LogP contribution in [0.3, 0.4) is 0 Å². The summed E-state index contributed by atoms with van der Waals surface area (Å²) in [4.78, 5) is 14.8. The molecule has 1 aliphatic heterocycles. The van der Waals surface area contributed by atoms with E-state index in [0.29, 0.717) is 5.02 Å². The predicted octanol–water partition coefficient (Wildman–Crippen LogP) is 5.27. The average Bonchev–Trinajstić information content (AvgIpc) is 2.77. The lowest BCUT2D eigenvalue weighted by Crippen LogP contribution is -2.38. The molecule has 1 N–H and O–H groups in total. The van der Waals surface area contributed by atoms with E-state index < -0.39 is 0 Å². The Hall–Kier alpha value is -2.92. The number of piperidine rings is 1. The van der Waals surface area contributed by atoms with E-state index >= 15 is 0 Å². The van der Waals surface area contributed by atoms with Crippen LogP contribution >= 0.6 is 11.6 Å². The number of aromatic nitrogens is 2. The van der Waals surface area contributed by atoms with Gasteiger partial charge in [0.1, 0.15) is 0 Å². The molecule has 0 atom stereocenters. The maximum absolute atomic E-state index is 12.6. The molecule has 1 saturated heterocycles. The first-order chi connectivity index (χ1) is 14.5. The molecule has 5 nitrogen and oxygen atoms in total. The molecular weight excluding hydrogens is 396 g/mol. The summed E-state index contributed by atoms with van der Waals surface area (Å²) in [6.45, 7) is 5.58. The van der Waals surface area contributed by atoms with Crippen LogP contribution in [-0.4, -0.2) is 29.2 Å². The number of halogens is 1. The molecule has 1 amide bonds. The van der Waals surface area contributed by atoms with Crippen LogP contribution in [0.25, 0.3) is 11.3 Å². The molecule has 0 bridgehead atoms. The van der Waals surface area contributed by atoms with Crippen molar-refractivity contribution < 1.29 is 4.79 Å². The van der Waals surface area contributed by atoms with Gasteiger partial charge in [0, 0.05) is 35.3 Å². The van der Waals surface area contributed by atoms with E-state index in [1.165, 1.54) is 5.56 Å². The van der Waals surface area contributed by atoms with Crippen molar-refractivity contribution in [1.29, 1.82) is 0 Å². The van der Waals surface area contributed by atoms with Crippen LogP contribution in [0.1, 0.15) is 24.0 Å². The SMILES string of the molecule is Cc1ccc(-c2ccc(N3CCC(C(=O)Nc4ccc(C)c(Cl)c4)CC3)nn2)cc1. The molecule has 1 fully saturated rings. The van der Waals surface area contributed by atoms with Gasteiger partial charge < -0.3 is 10.2 Å². The summed E-state index contributed by atoms with van der Waals surface area (Å²) in [5.41, 5.74) is 4.89. The third-order valence-corrected chi connectivity index (χ3v) is 6.03. The van der Waals surface area contributed by atoms with Crippen LogP contribution < -0.4 is 10.2 Å². The van der Waals surface area contributed by atoms with Gasteiger partial charge in [-0.2, -0.15) is 0 Å². The summed E-state index contributed by atoms with van der Waals surface area (Å²) in [7, 11) is 0. The van der Waals surface area contributed by atoms with Crippen molar-refractivity contribution in [2.45, 2.75) is 26.7 Å². The molecule has 2 heterocycles. The van der Waals surface area contributed by atoms with Crippen molar-refractivity contribution in [1.82, 2.24) is 10.2 Å². The van der Waals surface area contributed by atoms with Gasteiger partial charge in [0.05, 0.1) is 5.69 Å². The van der Waals surface area contributed by atoms with Crippen molar-refractivity contribution in [3.8, 4) is 11.3 Å². The van der Waals surface area contributed by atoms with Gasteiger partial charge in [0.2, 0.25) is 5.91 Å². The summed E-state index contributed by atoms with van der Waals surface area (Å²) in [5, 5.41) is 12.5. The van der Waals surface area contributed by atoms with Gasteiger partial charge in [-0.1, -0.05) is 47.5 Å². The van der Waals surface area contributed by atoms with Gasteiger partial charge in [0.15, 0.2) is 5.82 Å². The Labute approximate surface area is 182 Å². The number of benzene rings is 2. The molecule has 0 radical (unpaired) electrons. The third kappa shape index (κ3) is 4.62. The van der Waals surface area contributed by atoms with Crippen molar-refractivity contribution in [2.75, 3.05) is 23.3 Å². The number of hydrogen-bond acceptors (Lipinski definition) is 4. The molecule has 0 aliphatic carbocycles. The molecule has 3 aromatic rings. The number of carbonyl (C=O) groups excluding carboxylic acids is 1. The minimum absolute atomic E-state index is 0.0129. The minimum Gasteiger partial charge on any atom is -0.355 e. The fourth-order valence-electron chi connectivity index (χ4n) is 3.66. The van der Waals surface area contributed by atoms with Gasteiger partial charge >= 0.3 is 0 Å².